The molecule has 1 aliphatic heterocycles. The Morgan fingerprint density at radius 3 is 1.85 bits per heavy atom. The Morgan fingerprint density at radius 1 is 0.741 bits per heavy atom. The lowest BCUT2D eigenvalue weighted by molar-refractivity contribution is -0.295. The second-order valence-corrected chi connectivity index (χ2v) is 8.29. The average molecular weight is 389 g/mol. The van der Waals surface area contributed by atoms with E-state index in [-0.39, 0.29) is 0 Å². The summed E-state index contributed by atoms with van der Waals surface area (Å²) in [7, 11) is 0. The molecule has 0 saturated carbocycles. The summed E-state index contributed by atoms with van der Waals surface area (Å²) in [5, 5.41) is 29.9. The fraction of sp³-hybridized carbons (Fsp3) is 1.00. The van der Waals surface area contributed by atoms with Crippen LogP contribution in [0.2, 0.25) is 0 Å². The Balaban J connectivity index is 2.39. The molecule has 0 aromatic carbocycles. The fourth-order valence-electron chi connectivity index (χ4n) is 3.77. The quantitative estimate of drug-likeness (QED) is 0.367. The van der Waals surface area contributed by atoms with Crippen LogP contribution >= 0.6 is 0 Å². The van der Waals surface area contributed by atoms with Crippen LogP contribution in [-0.2, 0) is 9.47 Å². The molecule has 5 nitrogen and oxygen atoms in total. The lowest BCUT2D eigenvalue weighted by atomic mass is 9.94. The van der Waals surface area contributed by atoms with Gasteiger partial charge in [-0.3, -0.25) is 0 Å². The molecule has 1 fully saturated rings. The minimum Gasteiger partial charge on any atom is -0.388 e. The summed E-state index contributed by atoms with van der Waals surface area (Å²) < 4.78 is 11.4. The van der Waals surface area contributed by atoms with Gasteiger partial charge in [-0.2, -0.15) is 0 Å². The molecule has 1 aliphatic rings. The monoisotopic (exact) mass is 388 g/mol. The van der Waals surface area contributed by atoms with E-state index in [1.165, 1.54) is 64.2 Å². The molecule has 6 atom stereocenters. The molecule has 0 aliphatic carbocycles. The summed E-state index contributed by atoms with van der Waals surface area (Å²) in [6, 6.07) is 0. The van der Waals surface area contributed by atoms with E-state index in [9.17, 15) is 15.3 Å². The van der Waals surface area contributed by atoms with Crippen LogP contribution in [0.5, 0.6) is 0 Å². The van der Waals surface area contributed by atoms with E-state index in [4.69, 9.17) is 9.47 Å². The van der Waals surface area contributed by atoms with Gasteiger partial charge in [0, 0.05) is 0 Å². The minimum atomic E-state index is -1.22. The van der Waals surface area contributed by atoms with Gasteiger partial charge in [0.05, 0.1) is 12.7 Å². The number of unbranched alkanes of at least 4 members (excludes halogenated alkanes) is 8. The summed E-state index contributed by atoms with van der Waals surface area (Å²) >= 11 is 0. The lowest BCUT2D eigenvalue weighted by Crippen LogP contribution is -2.57. The zero-order valence-corrected chi connectivity index (χ0v) is 17.8. The third-order valence-electron chi connectivity index (χ3n) is 5.74. The Morgan fingerprint density at radius 2 is 1.26 bits per heavy atom. The largest absolute Gasteiger partial charge is 0.388 e. The molecule has 27 heavy (non-hydrogen) atoms. The van der Waals surface area contributed by atoms with Crippen molar-refractivity contribution in [3.63, 3.8) is 0 Å². The zero-order chi connectivity index (χ0) is 20.1. The van der Waals surface area contributed by atoms with Crippen molar-refractivity contribution < 1.29 is 24.8 Å². The Bertz CT molecular complexity index is 352. The van der Waals surface area contributed by atoms with Crippen molar-refractivity contribution in [3.8, 4) is 0 Å². The van der Waals surface area contributed by atoms with Crippen LogP contribution in [0.1, 0.15) is 97.8 Å². The molecule has 0 bridgehead atoms. The summed E-state index contributed by atoms with van der Waals surface area (Å²) in [5.41, 5.74) is 0. The SMILES string of the molecule is CCCCCCCCC(CCCCCC)CO[C@H]1O[C@H](C)[C@@H](O)[C@H](O)[C@@H]1O. The van der Waals surface area contributed by atoms with E-state index >= 15 is 0 Å². The topological polar surface area (TPSA) is 79.2 Å². The zero-order valence-electron chi connectivity index (χ0n) is 17.8. The Labute approximate surface area is 166 Å². The molecular weight excluding hydrogens is 344 g/mol. The molecule has 162 valence electrons. The summed E-state index contributed by atoms with van der Waals surface area (Å²) in [6.45, 7) is 6.69. The van der Waals surface area contributed by atoms with Gasteiger partial charge in [0.15, 0.2) is 6.29 Å². The van der Waals surface area contributed by atoms with Gasteiger partial charge in [0.1, 0.15) is 18.3 Å². The van der Waals surface area contributed by atoms with Gasteiger partial charge in [-0.15, -0.1) is 0 Å². The van der Waals surface area contributed by atoms with Crippen LogP contribution in [0.4, 0.5) is 0 Å². The van der Waals surface area contributed by atoms with Gasteiger partial charge >= 0.3 is 0 Å². The van der Waals surface area contributed by atoms with Gasteiger partial charge < -0.3 is 24.8 Å². The highest BCUT2D eigenvalue weighted by Gasteiger charge is 2.42. The first-order valence-electron chi connectivity index (χ1n) is 11.3. The Kier molecular flexibility index (Phi) is 13.6. The predicted molar refractivity (Wildman–Crippen MR) is 109 cm³/mol. The minimum absolute atomic E-state index is 0.461. The van der Waals surface area contributed by atoms with Crippen molar-refractivity contribution in [2.75, 3.05) is 6.61 Å². The molecule has 0 spiro atoms. The number of hydrogen-bond donors (Lipinski definition) is 3. The van der Waals surface area contributed by atoms with Crippen LogP contribution in [0, 0.1) is 5.92 Å². The maximum atomic E-state index is 10.1. The summed E-state index contributed by atoms with van der Waals surface area (Å²) in [6.07, 6.45) is 10.1. The van der Waals surface area contributed by atoms with Gasteiger partial charge in [-0.05, 0) is 25.7 Å². The van der Waals surface area contributed by atoms with Gasteiger partial charge in [-0.1, -0.05) is 78.1 Å². The normalized spacial score (nSPS) is 29.8. The number of aliphatic hydroxyl groups is 3. The van der Waals surface area contributed by atoms with Crippen LogP contribution in [0.25, 0.3) is 0 Å². The van der Waals surface area contributed by atoms with E-state index in [0.29, 0.717) is 12.5 Å². The van der Waals surface area contributed by atoms with Gasteiger partial charge in [0.25, 0.3) is 0 Å². The van der Waals surface area contributed by atoms with Crippen molar-refractivity contribution in [2.24, 2.45) is 5.92 Å². The van der Waals surface area contributed by atoms with Crippen molar-refractivity contribution in [1.82, 2.24) is 0 Å². The highest BCUT2D eigenvalue weighted by molar-refractivity contribution is 4.87. The van der Waals surface area contributed by atoms with Crippen molar-refractivity contribution in [3.05, 3.63) is 0 Å². The number of hydrogen-bond acceptors (Lipinski definition) is 5. The molecule has 0 aromatic rings. The maximum Gasteiger partial charge on any atom is 0.186 e. The first kappa shape index (κ1) is 24.8. The fourth-order valence-corrected chi connectivity index (χ4v) is 3.77. The third kappa shape index (κ3) is 9.71. The van der Waals surface area contributed by atoms with Gasteiger partial charge in [0.2, 0.25) is 0 Å². The molecule has 1 heterocycles. The molecular formula is C22H44O5. The highest BCUT2D eigenvalue weighted by atomic mass is 16.7. The van der Waals surface area contributed by atoms with E-state index in [1.54, 1.807) is 6.92 Å². The van der Waals surface area contributed by atoms with Crippen LogP contribution in [0.3, 0.4) is 0 Å². The molecule has 1 saturated heterocycles. The molecule has 0 amide bonds. The average Bonchev–Trinajstić information content (AvgIpc) is 2.67. The first-order chi connectivity index (χ1) is 13.0. The van der Waals surface area contributed by atoms with Crippen molar-refractivity contribution in [2.45, 2.75) is 129 Å². The smallest absolute Gasteiger partial charge is 0.186 e. The third-order valence-corrected chi connectivity index (χ3v) is 5.74. The second kappa shape index (κ2) is 14.7. The maximum absolute atomic E-state index is 10.1. The molecule has 1 unspecified atom stereocenters. The predicted octanol–water partition coefficient (Wildman–Crippen LogP) is 4.17. The van der Waals surface area contributed by atoms with E-state index < -0.39 is 30.7 Å². The molecule has 0 radical (unpaired) electrons. The molecule has 3 N–H and O–H groups in total. The Hall–Kier alpha value is -0.200. The molecule has 5 heteroatoms. The van der Waals surface area contributed by atoms with Crippen molar-refractivity contribution >= 4 is 0 Å². The van der Waals surface area contributed by atoms with E-state index in [2.05, 4.69) is 13.8 Å². The lowest BCUT2D eigenvalue weighted by Gasteiger charge is -2.39. The van der Waals surface area contributed by atoms with E-state index in [1.807, 2.05) is 0 Å². The van der Waals surface area contributed by atoms with Crippen molar-refractivity contribution in [1.29, 1.82) is 0 Å². The molecule has 0 aromatic heterocycles. The first-order valence-corrected chi connectivity index (χ1v) is 11.3. The number of aliphatic hydroxyl groups excluding tert-OH is 3. The second-order valence-electron chi connectivity index (χ2n) is 8.29. The van der Waals surface area contributed by atoms with Crippen LogP contribution in [0.15, 0.2) is 0 Å². The van der Waals surface area contributed by atoms with E-state index in [0.717, 1.165) is 12.8 Å². The summed E-state index contributed by atoms with van der Waals surface area (Å²) in [4.78, 5) is 0. The standard InChI is InChI=1S/C22H44O5/c1-4-6-8-10-11-13-15-18(14-12-9-7-5-2)16-26-22-21(25)20(24)19(23)17(3)27-22/h17-25H,4-16H2,1-3H3/t17-,18?,19-,20+,21+,22+/m1/s1. The van der Waals surface area contributed by atoms with Crippen LogP contribution in [-0.4, -0.2) is 52.6 Å². The van der Waals surface area contributed by atoms with Crippen LogP contribution < -0.4 is 0 Å². The summed E-state index contributed by atoms with van der Waals surface area (Å²) in [5.74, 6) is 0.461. The highest BCUT2D eigenvalue weighted by Crippen LogP contribution is 2.25. The number of rotatable bonds is 15. The number of ether oxygens (including phenoxy) is 2. The molecule has 1 rings (SSSR count). The van der Waals surface area contributed by atoms with Gasteiger partial charge in [-0.25, -0.2) is 0 Å².